The third kappa shape index (κ3) is 6.87. The number of carbonyl (C=O) groups is 4. The fraction of sp³-hybridized carbons (Fsp3) is 0.524. The van der Waals surface area contributed by atoms with Crippen LogP contribution in [0.1, 0.15) is 43.5 Å². The normalized spacial score (nSPS) is 13.6. The number of hydrazine groups is 1. The van der Waals surface area contributed by atoms with E-state index in [1.54, 1.807) is 19.2 Å². The van der Waals surface area contributed by atoms with Crippen LogP contribution in [-0.2, 0) is 9.59 Å². The van der Waals surface area contributed by atoms with Gasteiger partial charge in [-0.05, 0) is 37.0 Å². The number of ether oxygens (including phenoxy) is 2. The summed E-state index contributed by atoms with van der Waals surface area (Å²) in [7, 11) is 3.03. The molecule has 2 N–H and O–H groups in total. The molecule has 0 aliphatic carbocycles. The van der Waals surface area contributed by atoms with Crippen LogP contribution in [0.15, 0.2) is 18.2 Å². The lowest BCUT2D eigenvalue weighted by Crippen LogP contribution is -2.42. The molecule has 0 spiro atoms. The zero-order valence-electron chi connectivity index (χ0n) is 18.4. The lowest BCUT2D eigenvalue weighted by molar-refractivity contribution is -0.126. The Balaban J connectivity index is 1.78. The fourth-order valence-corrected chi connectivity index (χ4v) is 2.88. The molecular weight excluding hydrogens is 404 g/mol. The molecule has 0 saturated carbocycles. The Hall–Kier alpha value is -3.30. The highest BCUT2D eigenvalue weighted by atomic mass is 16.5. The van der Waals surface area contributed by atoms with Crippen LogP contribution < -0.4 is 20.3 Å². The largest absolute Gasteiger partial charge is 0.493 e. The van der Waals surface area contributed by atoms with Crippen molar-refractivity contribution in [3.05, 3.63) is 23.8 Å². The van der Waals surface area contributed by atoms with Crippen LogP contribution in [0.2, 0.25) is 0 Å². The molecule has 0 atom stereocenters. The van der Waals surface area contributed by atoms with Gasteiger partial charge in [-0.15, -0.1) is 0 Å². The third-order valence-electron chi connectivity index (χ3n) is 4.71. The topological polar surface area (TPSA) is 117 Å². The van der Waals surface area contributed by atoms with Gasteiger partial charge in [-0.3, -0.25) is 30.1 Å². The zero-order valence-corrected chi connectivity index (χ0v) is 18.4. The van der Waals surface area contributed by atoms with E-state index in [0.29, 0.717) is 36.0 Å². The van der Waals surface area contributed by atoms with Crippen molar-refractivity contribution < 1.29 is 28.7 Å². The van der Waals surface area contributed by atoms with E-state index in [2.05, 4.69) is 24.7 Å². The number of benzene rings is 1. The predicted molar refractivity (Wildman–Crippen MR) is 113 cm³/mol. The molecule has 10 nitrogen and oxygen atoms in total. The second kappa shape index (κ2) is 11.2. The van der Waals surface area contributed by atoms with Gasteiger partial charge in [-0.2, -0.15) is 0 Å². The summed E-state index contributed by atoms with van der Waals surface area (Å²) in [6.07, 6.45) is 1.24. The van der Waals surface area contributed by atoms with Crippen LogP contribution in [0.5, 0.6) is 11.5 Å². The van der Waals surface area contributed by atoms with Gasteiger partial charge in [0, 0.05) is 25.6 Å². The first-order valence-corrected chi connectivity index (χ1v) is 10.2. The Labute approximate surface area is 181 Å². The number of methoxy groups -OCH3 is 1. The monoisotopic (exact) mass is 434 g/mol. The summed E-state index contributed by atoms with van der Waals surface area (Å²) in [5, 5.41) is 0. The van der Waals surface area contributed by atoms with Crippen molar-refractivity contribution in [2.45, 2.75) is 33.1 Å². The first-order chi connectivity index (χ1) is 14.7. The number of likely N-dealkylation sites (N-methyl/N-ethyl adjacent to an activating group) is 1. The zero-order chi connectivity index (χ0) is 23.0. The van der Waals surface area contributed by atoms with Gasteiger partial charge < -0.3 is 14.4 Å². The number of urea groups is 1. The number of rotatable bonds is 10. The molecule has 1 fully saturated rings. The van der Waals surface area contributed by atoms with E-state index in [0.717, 1.165) is 11.3 Å². The van der Waals surface area contributed by atoms with Crippen molar-refractivity contribution >= 4 is 23.8 Å². The highest BCUT2D eigenvalue weighted by Gasteiger charge is 2.32. The summed E-state index contributed by atoms with van der Waals surface area (Å²) in [5.41, 5.74) is 4.96. The molecule has 2 rings (SSSR count). The molecule has 0 bridgehead atoms. The maximum Gasteiger partial charge on any atom is 0.326 e. The van der Waals surface area contributed by atoms with Gasteiger partial charge in [-0.1, -0.05) is 13.8 Å². The molecule has 10 heteroatoms. The number of nitrogens with one attached hydrogen (secondary N) is 2. The molecule has 31 heavy (non-hydrogen) atoms. The molecule has 1 aromatic rings. The summed E-state index contributed by atoms with van der Waals surface area (Å²) in [6.45, 7) is 4.95. The summed E-state index contributed by atoms with van der Waals surface area (Å²) < 4.78 is 11.0. The molecule has 1 aliphatic rings. The van der Waals surface area contributed by atoms with Gasteiger partial charge in [-0.25, -0.2) is 4.79 Å². The standard InChI is InChI=1S/C21H30N4O6/c1-14(2)9-11-31-16-8-7-15(12-17(16)30-4)20(28)23-22-18(26)6-5-10-25-19(27)13-24(3)21(25)29/h7-8,12,14H,5-6,9-11,13H2,1-4H3,(H,22,26)(H,23,28). The number of amides is 5. The van der Waals surface area contributed by atoms with Crippen LogP contribution in [0.4, 0.5) is 4.79 Å². The summed E-state index contributed by atoms with van der Waals surface area (Å²) in [6, 6.07) is 4.39. The molecule has 0 unspecified atom stereocenters. The van der Waals surface area contributed by atoms with E-state index in [9.17, 15) is 19.2 Å². The van der Waals surface area contributed by atoms with Crippen LogP contribution in [-0.4, -0.2) is 67.4 Å². The highest BCUT2D eigenvalue weighted by Crippen LogP contribution is 2.28. The molecule has 5 amide bonds. The SMILES string of the molecule is COc1cc(C(=O)NNC(=O)CCCN2C(=O)CN(C)C2=O)ccc1OCCC(C)C. The van der Waals surface area contributed by atoms with E-state index < -0.39 is 11.8 Å². The molecule has 0 radical (unpaired) electrons. The number of imide groups is 1. The smallest absolute Gasteiger partial charge is 0.326 e. The number of nitrogens with zero attached hydrogens (tertiary/aromatic N) is 2. The number of hydrogen-bond acceptors (Lipinski definition) is 6. The van der Waals surface area contributed by atoms with Gasteiger partial charge >= 0.3 is 6.03 Å². The van der Waals surface area contributed by atoms with Crippen LogP contribution in [0.25, 0.3) is 0 Å². The maximum atomic E-state index is 12.3. The molecule has 1 saturated heterocycles. The third-order valence-corrected chi connectivity index (χ3v) is 4.71. The van der Waals surface area contributed by atoms with E-state index in [4.69, 9.17) is 9.47 Å². The van der Waals surface area contributed by atoms with Gasteiger partial charge in [0.15, 0.2) is 11.5 Å². The van der Waals surface area contributed by atoms with Gasteiger partial charge in [0.2, 0.25) is 11.8 Å². The second-order valence-electron chi connectivity index (χ2n) is 7.69. The summed E-state index contributed by atoms with van der Waals surface area (Å²) in [5.74, 6) is 0.255. The lowest BCUT2D eigenvalue weighted by atomic mass is 10.1. The summed E-state index contributed by atoms with van der Waals surface area (Å²) >= 11 is 0. The van der Waals surface area contributed by atoms with Gasteiger partial charge in [0.1, 0.15) is 6.54 Å². The Morgan fingerprint density at radius 2 is 1.90 bits per heavy atom. The predicted octanol–water partition coefficient (Wildman–Crippen LogP) is 1.56. The Kier molecular flexibility index (Phi) is 8.65. The van der Waals surface area contributed by atoms with Gasteiger partial charge in [0.05, 0.1) is 13.7 Å². The molecular formula is C21H30N4O6. The van der Waals surface area contributed by atoms with Crippen molar-refractivity contribution in [1.82, 2.24) is 20.7 Å². The van der Waals surface area contributed by atoms with Crippen LogP contribution >= 0.6 is 0 Å². The minimum absolute atomic E-state index is 0.0477. The maximum absolute atomic E-state index is 12.3. The number of carbonyl (C=O) groups excluding carboxylic acids is 4. The molecule has 1 aliphatic heterocycles. The second-order valence-corrected chi connectivity index (χ2v) is 7.69. The van der Waals surface area contributed by atoms with E-state index >= 15 is 0 Å². The molecule has 170 valence electrons. The van der Waals surface area contributed by atoms with E-state index in [1.165, 1.54) is 18.1 Å². The van der Waals surface area contributed by atoms with Crippen molar-refractivity contribution in [3.8, 4) is 11.5 Å². The Morgan fingerprint density at radius 1 is 1.16 bits per heavy atom. The van der Waals surface area contributed by atoms with Gasteiger partial charge in [0.25, 0.3) is 5.91 Å². The first-order valence-electron chi connectivity index (χ1n) is 10.2. The lowest BCUT2D eigenvalue weighted by Gasteiger charge is -2.14. The van der Waals surface area contributed by atoms with Crippen LogP contribution in [0, 0.1) is 5.92 Å². The van der Waals surface area contributed by atoms with E-state index in [1.807, 2.05) is 0 Å². The van der Waals surface area contributed by atoms with Crippen molar-refractivity contribution in [2.24, 2.45) is 5.92 Å². The first kappa shape index (κ1) is 24.0. The number of hydrogen-bond donors (Lipinski definition) is 2. The van der Waals surface area contributed by atoms with Crippen molar-refractivity contribution in [3.63, 3.8) is 0 Å². The minimum Gasteiger partial charge on any atom is -0.493 e. The quantitative estimate of drug-likeness (QED) is 0.426. The Morgan fingerprint density at radius 3 is 2.52 bits per heavy atom. The minimum atomic E-state index is -0.507. The molecule has 0 aromatic heterocycles. The molecule has 1 aromatic carbocycles. The average molecular weight is 434 g/mol. The van der Waals surface area contributed by atoms with E-state index in [-0.39, 0.29) is 31.4 Å². The Bertz CT molecular complexity index is 826. The molecule has 1 heterocycles. The average Bonchev–Trinajstić information content (AvgIpc) is 2.97. The highest BCUT2D eigenvalue weighted by molar-refractivity contribution is 6.01. The summed E-state index contributed by atoms with van der Waals surface area (Å²) in [4.78, 5) is 50.2. The fourth-order valence-electron chi connectivity index (χ4n) is 2.88. The van der Waals surface area contributed by atoms with Crippen molar-refractivity contribution in [2.75, 3.05) is 33.9 Å². The van der Waals surface area contributed by atoms with Crippen molar-refractivity contribution in [1.29, 1.82) is 0 Å². The van der Waals surface area contributed by atoms with Crippen LogP contribution in [0.3, 0.4) is 0 Å².